The van der Waals surface area contributed by atoms with Gasteiger partial charge in [-0.1, -0.05) is 11.6 Å². The van der Waals surface area contributed by atoms with Crippen molar-refractivity contribution in [3.05, 3.63) is 21.8 Å². The predicted octanol–water partition coefficient (Wildman–Crippen LogP) is 2.58. The number of carbonyl (C=O) groups is 1. The number of amides is 1. The molecule has 1 aromatic heterocycles. The lowest BCUT2D eigenvalue weighted by atomic mass is 10.3. The molecule has 0 bridgehead atoms. The van der Waals surface area contributed by atoms with Crippen molar-refractivity contribution in [3.8, 4) is 0 Å². The summed E-state index contributed by atoms with van der Waals surface area (Å²) in [7, 11) is 0. The van der Waals surface area contributed by atoms with Crippen LogP contribution in [0.4, 0.5) is 5.82 Å². The summed E-state index contributed by atoms with van der Waals surface area (Å²) in [5, 5.41) is 6.60. The molecule has 0 spiro atoms. The van der Waals surface area contributed by atoms with E-state index in [4.69, 9.17) is 11.6 Å². The first-order valence-corrected chi connectivity index (χ1v) is 6.66. The number of pyridine rings is 1. The van der Waals surface area contributed by atoms with E-state index < -0.39 is 0 Å². The minimum absolute atomic E-state index is 0.0880. The van der Waals surface area contributed by atoms with Crippen molar-refractivity contribution < 1.29 is 4.79 Å². The lowest BCUT2D eigenvalue weighted by Gasteiger charge is -2.07. The molecule has 1 heterocycles. The molecule has 4 nitrogen and oxygen atoms in total. The van der Waals surface area contributed by atoms with Gasteiger partial charge in [-0.3, -0.25) is 4.79 Å². The molecule has 92 valence electrons. The second-order valence-electron chi connectivity index (χ2n) is 4.00. The molecule has 0 radical (unpaired) electrons. The van der Waals surface area contributed by atoms with Gasteiger partial charge in [-0.25, -0.2) is 4.98 Å². The van der Waals surface area contributed by atoms with Crippen molar-refractivity contribution in [2.24, 2.45) is 0 Å². The molecule has 0 atom stereocenters. The predicted molar refractivity (Wildman–Crippen MR) is 71.2 cm³/mol. The zero-order valence-electron chi connectivity index (χ0n) is 9.17. The number of carbonyl (C=O) groups excluding carboxylic acids is 1. The maximum absolute atomic E-state index is 11.4. The molecule has 17 heavy (non-hydrogen) atoms. The largest absolute Gasteiger partial charge is 0.369 e. The molecule has 0 aromatic carbocycles. The van der Waals surface area contributed by atoms with Crippen molar-refractivity contribution >= 4 is 39.3 Å². The fourth-order valence-corrected chi connectivity index (χ4v) is 2.15. The highest BCUT2D eigenvalue weighted by Crippen LogP contribution is 2.23. The first-order chi connectivity index (χ1) is 8.15. The molecule has 2 N–H and O–H groups in total. The zero-order chi connectivity index (χ0) is 12.3. The maximum atomic E-state index is 11.4. The lowest BCUT2D eigenvalue weighted by molar-refractivity contribution is -0.120. The number of halogens is 2. The first kappa shape index (κ1) is 12.6. The number of nitrogens with zero attached hydrogens (tertiary/aromatic N) is 1. The summed E-state index contributed by atoms with van der Waals surface area (Å²) in [6.45, 7) is 0.561. The van der Waals surface area contributed by atoms with Crippen LogP contribution in [-0.2, 0) is 4.79 Å². The van der Waals surface area contributed by atoms with E-state index in [1.165, 1.54) is 0 Å². The minimum atomic E-state index is 0.0880. The molecule has 1 saturated carbocycles. The van der Waals surface area contributed by atoms with E-state index >= 15 is 0 Å². The summed E-state index contributed by atoms with van der Waals surface area (Å²) in [4.78, 5) is 15.5. The normalized spacial score (nSPS) is 14.5. The number of anilines is 1. The van der Waals surface area contributed by atoms with Crippen LogP contribution in [0.5, 0.6) is 0 Å². The van der Waals surface area contributed by atoms with E-state index in [1.54, 1.807) is 12.3 Å². The van der Waals surface area contributed by atoms with Crippen LogP contribution in [0.15, 0.2) is 16.7 Å². The van der Waals surface area contributed by atoms with Crippen molar-refractivity contribution in [1.82, 2.24) is 10.3 Å². The maximum Gasteiger partial charge on any atom is 0.221 e. The second kappa shape index (κ2) is 5.69. The highest BCUT2D eigenvalue weighted by molar-refractivity contribution is 9.10. The average Bonchev–Trinajstić information content (AvgIpc) is 3.05. The second-order valence-corrected chi connectivity index (χ2v) is 5.29. The fourth-order valence-electron chi connectivity index (χ4n) is 1.37. The van der Waals surface area contributed by atoms with Crippen LogP contribution >= 0.6 is 27.5 Å². The van der Waals surface area contributed by atoms with Gasteiger partial charge in [0, 0.05) is 25.2 Å². The monoisotopic (exact) mass is 317 g/mol. The standard InChI is InChI=1S/C11H13BrClN3O/c12-9-5-7(13)6-15-11(9)14-4-3-10(17)16-8-1-2-8/h5-6,8H,1-4H2,(H,14,15)(H,16,17). The Kier molecular flexibility index (Phi) is 4.23. The van der Waals surface area contributed by atoms with Crippen molar-refractivity contribution in [2.75, 3.05) is 11.9 Å². The van der Waals surface area contributed by atoms with Gasteiger partial charge in [0.05, 0.1) is 9.50 Å². The molecule has 1 aromatic rings. The Morgan fingerprint density at radius 2 is 2.35 bits per heavy atom. The summed E-state index contributed by atoms with van der Waals surface area (Å²) in [6.07, 6.45) is 4.25. The fraction of sp³-hybridized carbons (Fsp3) is 0.455. The van der Waals surface area contributed by atoms with Gasteiger partial charge < -0.3 is 10.6 Å². The smallest absolute Gasteiger partial charge is 0.221 e. The highest BCUT2D eigenvalue weighted by Gasteiger charge is 2.22. The Labute approximate surface area is 113 Å². The van der Waals surface area contributed by atoms with Crippen molar-refractivity contribution in [1.29, 1.82) is 0 Å². The van der Waals surface area contributed by atoms with E-state index in [1.807, 2.05) is 0 Å². The molecule has 0 unspecified atom stereocenters. The van der Waals surface area contributed by atoms with Crippen LogP contribution in [-0.4, -0.2) is 23.5 Å². The summed E-state index contributed by atoms with van der Waals surface area (Å²) >= 11 is 9.14. The minimum Gasteiger partial charge on any atom is -0.369 e. The summed E-state index contributed by atoms with van der Waals surface area (Å²) in [5.74, 6) is 0.790. The third-order valence-corrected chi connectivity index (χ3v) is 3.21. The molecule has 2 rings (SSSR count). The van der Waals surface area contributed by atoms with Gasteiger partial charge in [0.15, 0.2) is 0 Å². The van der Waals surface area contributed by atoms with Crippen molar-refractivity contribution in [3.63, 3.8) is 0 Å². The van der Waals surface area contributed by atoms with Gasteiger partial charge in [-0.2, -0.15) is 0 Å². The van der Waals surface area contributed by atoms with Crippen LogP contribution in [0, 0.1) is 0 Å². The zero-order valence-corrected chi connectivity index (χ0v) is 11.5. The Hall–Kier alpha value is -0.810. The highest BCUT2D eigenvalue weighted by atomic mass is 79.9. The molecular formula is C11H13BrClN3O. The number of hydrogen-bond donors (Lipinski definition) is 2. The van der Waals surface area contributed by atoms with Crippen LogP contribution in [0.25, 0.3) is 0 Å². The number of nitrogens with one attached hydrogen (secondary N) is 2. The summed E-state index contributed by atoms with van der Waals surface area (Å²) in [5.41, 5.74) is 0. The van der Waals surface area contributed by atoms with E-state index in [-0.39, 0.29) is 5.91 Å². The lowest BCUT2D eigenvalue weighted by Crippen LogP contribution is -2.27. The van der Waals surface area contributed by atoms with Gasteiger partial charge in [0.2, 0.25) is 5.91 Å². The molecule has 0 aliphatic heterocycles. The quantitative estimate of drug-likeness (QED) is 0.877. The van der Waals surface area contributed by atoms with E-state index in [0.29, 0.717) is 29.8 Å². The molecule has 0 saturated heterocycles. The SMILES string of the molecule is O=C(CCNc1ncc(Cl)cc1Br)NC1CC1. The molecule has 1 fully saturated rings. The van der Waals surface area contributed by atoms with Crippen molar-refractivity contribution in [2.45, 2.75) is 25.3 Å². The van der Waals surface area contributed by atoms with E-state index in [0.717, 1.165) is 17.3 Å². The molecular weight excluding hydrogens is 305 g/mol. The first-order valence-electron chi connectivity index (χ1n) is 5.49. The van der Waals surface area contributed by atoms with Crippen LogP contribution in [0.3, 0.4) is 0 Å². The number of rotatable bonds is 5. The summed E-state index contributed by atoms with van der Waals surface area (Å²) < 4.78 is 0.799. The average molecular weight is 319 g/mol. The molecule has 1 aliphatic rings. The topological polar surface area (TPSA) is 54.0 Å². The number of aromatic nitrogens is 1. The van der Waals surface area contributed by atoms with Gasteiger partial charge >= 0.3 is 0 Å². The van der Waals surface area contributed by atoms with E-state index in [9.17, 15) is 4.79 Å². The Bertz CT molecular complexity index is 423. The Morgan fingerprint density at radius 3 is 3.00 bits per heavy atom. The van der Waals surface area contributed by atoms with Gasteiger partial charge in [-0.15, -0.1) is 0 Å². The van der Waals surface area contributed by atoms with E-state index in [2.05, 4.69) is 31.5 Å². The van der Waals surface area contributed by atoms with Crippen LogP contribution in [0.1, 0.15) is 19.3 Å². The molecule has 1 aliphatic carbocycles. The molecule has 6 heteroatoms. The van der Waals surface area contributed by atoms with Gasteiger partial charge in [0.25, 0.3) is 0 Å². The third kappa shape index (κ3) is 4.16. The van der Waals surface area contributed by atoms with Gasteiger partial charge in [0.1, 0.15) is 5.82 Å². The summed E-state index contributed by atoms with van der Waals surface area (Å²) in [6, 6.07) is 2.18. The molecule has 1 amide bonds. The van der Waals surface area contributed by atoms with Crippen LogP contribution in [0.2, 0.25) is 5.02 Å². The van der Waals surface area contributed by atoms with Gasteiger partial charge in [-0.05, 0) is 34.8 Å². The third-order valence-electron chi connectivity index (χ3n) is 2.39. The van der Waals surface area contributed by atoms with Crippen LogP contribution < -0.4 is 10.6 Å². The Balaban J connectivity index is 1.75. The Morgan fingerprint density at radius 1 is 1.59 bits per heavy atom. The number of hydrogen-bond acceptors (Lipinski definition) is 3.